The zero-order valence-corrected chi connectivity index (χ0v) is 11.1. The Bertz CT molecular complexity index is 284. The van der Waals surface area contributed by atoms with Crippen molar-refractivity contribution < 1.29 is 13.2 Å². The van der Waals surface area contributed by atoms with E-state index in [1.54, 1.807) is 0 Å². The molecule has 0 amide bonds. The van der Waals surface area contributed by atoms with Gasteiger partial charge in [0.1, 0.15) is 9.84 Å². The Labute approximate surface area is 98.7 Å². The number of hydrogen-bond acceptors (Lipinski definition) is 4. The molecule has 1 N–H and O–H groups in total. The third-order valence-electron chi connectivity index (χ3n) is 2.86. The van der Waals surface area contributed by atoms with Crippen molar-refractivity contribution in [1.29, 1.82) is 0 Å². The number of rotatable bonds is 7. The summed E-state index contributed by atoms with van der Waals surface area (Å²) in [4.78, 5) is 0. The topological polar surface area (TPSA) is 55.4 Å². The summed E-state index contributed by atoms with van der Waals surface area (Å²) in [5.74, 6) is 0.230. The first-order valence-corrected chi connectivity index (χ1v) is 8.10. The van der Waals surface area contributed by atoms with E-state index in [1.807, 2.05) is 6.92 Å². The Hall–Kier alpha value is -0.130. The minimum Gasteiger partial charge on any atom is -0.378 e. The molecule has 1 saturated heterocycles. The van der Waals surface area contributed by atoms with E-state index in [2.05, 4.69) is 5.32 Å². The van der Waals surface area contributed by atoms with Crippen molar-refractivity contribution in [3.63, 3.8) is 0 Å². The summed E-state index contributed by atoms with van der Waals surface area (Å²) in [5, 5.41) is 3.23. The summed E-state index contributed by atoms with van der Waals surface area (Å²) in [7, 11) is -2.89. The minimum atomic E-state index is -2.89. The molecule has 0 aromatic carbocycles. The summed E-state index contributed by atoms with van der Waals surface area (Å²) >= 11 is 0. The van der Waals surface area contributed by atoms with Crippen molar-refractivity contribution in [2.75, 3.05) is 25.2 Å². The second-order valence-corrected chi connectivity index (χ2v) is 6.74. The van der Waals surface area contributed by atoms with Crippen LogP contribution in [0.25, 0.3) is 0 Å². The van der Waals surface area contributed by atoms with E-state index in [4.69, 9.17) is 4.74 Å². The predicted octanol–water partition coefficient (Wildman–Crippen LogP) is 0.968. The van der Waals surface area contributed by atoms with Crippen LogP contribution in [0.1, 0.15) is 32.6 Å². The van der Waals surface area contributed by atoms with Gasteiger partial charge in [-0.2, -0.15) is 0 Å². The predicted molar refractivity (Wildman–Crippen MR) is 65.4 cm³/mol. The monoisotopic (exact) mass is 249 g/mol. The Morgan fingerprint density at radius 1 is 1.50 bits per heavy atom. The lowest BCUT2D eigenvalue weighted by atomic mass is 10.1. The molecule has 0 radical (unpaired) electrons. The first kappa shape index (κ1) is 13.9. The van der Waals surface area contributed by atoms with Crippen LogP contribution in [0.3, 0.4) is 0 Å². The minimum absolute atomic E-state index is 0.0733. The maximum absolute atomic E-state index is 11.2. The number of sulfone groups is 1. The molecule has 16 heavy (non-hydrogen) atoms. The van der Waals surface area contributed by atoms with Crippen LogP contribution < -0.4 is 5.32 Å². The Balaban J connectivity index is 2.32. The molecule has 96 valence electrons. The van der Waals surface area contributed by atoms with E-state index in [1.165, 1.54) is 6.26 Å². The summed E-state index contributed by atoms with van der Waals surface area (Å²) in [6.07, 6.45) is 5.75. The number of hydrogen-bond donors (Lipinski definition) is 1. The largest absolute Gasteiger partial charge is 0.378 e. The first-order chi connectivity index (χ1) is 7.51. The first-order valence-electron chi connectivity index (χ1n) is 6.04. The standard InChI is InChI=1S/C11H23NO3S/c1-3-12-10(9-16(2,13)14)6-7-11-5-4-8-15-11/h10-12H,3-9H2,1-2H3. The molecular weight excluding hydrogens is 226 g/mol. The van der Waals surface area contributed by atoms with Crippen molar-refractivity contribution in [2.45, 2.75) is 44.8 Å². The van der Waals surface area contributed by atoms with Crippen LogP contribution in [0.2, 0.25) is 0 Å². The Morgan fingerprint density at radius 2 is 2.25 bits per heavy atom. The highest BCUT2D eigenvalue weighted by Gasteiger charge is 2.19. The molecule has 5 heteroatoms. The zero-order valence-electron chi connectivity index (χ0n) is 10.2. The SMILES string of the molecule is CCNC(CCC1CCCO1)CS(C)(=O)=O. The van der Waals surface area contributed by atoms with E-state index >= 15 is 0 Å². The quantitative estimate of drug-likeness (QED) is 0.730. The lowest BCUT2D eigenvalue weighted by Crippen LogP contribution is -2.36. The van der Waals surface area contributed by atoms with Crippen molar-refractivity contribution in [2.24, 2.45) is 0 Å². The molecule has 0 saturated carbocycles. The second-order valence-electron chi connectivity index (χ2n) is 4.56. The van der Waals surface area contributed by atoms with Crippen LogP contribution >= 0.6 is 0 Å². The summed E-state index contributed by atoms with van der Waals surface area (Å²) in [6, 6.07) is 0.0733. The van der Waals surface area contributed by atoms with Crippen LogP contribution in [-0.4, -0.2) is 45.7 Å². The fourth-order valence-corrected chi connectivity index (χ4v) is 3.17. The van der Waals surface area contributed by atoms with Gasteiger partial charge in [0.25, 0.3) is 0 Å². The average molecular weight is 249 g/mol. The molecule has 0 aliphatic carbocycles. The molecule has 1 aliphatic heterocycles. The van der Waals surface area contributed by atoms with Crippen molar-refractivity contribution in [1.82, 2.24) is 5.32 Å². The fraction of sp³-hybridized carbons (Fsp3) is 1.00. The Morgan fingerprint density at radius 3 is 2.75 bits per heavy atom. The van der Waals surface area contributed by atoms with Gasteiger partial charge in [0.15, 0.2) is 0 Å². The molecular formula is C11H23NO3S. The highest BCUT2D eigenvalue weighted by molar-refractivity contribution is 7.90. The maximum Gasteiger partial charge on any atom is 0.148 e. The smallest absolute Gasteiger partial charge is 0.148 e. The maximum atomic E-state index is 11.2. The van der Waals surface area contributed by atoms with Gasteiger partial charge in [-0.25, -0.2) is 8.42 Å². The number of nitrogens with one attached hydrogen (secondary N) is 1. The lowest BCUT2D eigenvalue weighted by molar-refractivity contribution is 0.100. The van der Waals surface area contributed by atoms with Crippen molar-refractivity contribution in [3.05, 3.63) is 0 Å². The molecule has 0 aromatic heterocycles. The molecule has 0 spiro atoms. The van der Waals surface area contributed by atoms with Crippen LogP contribution in [-0.2, 0) is 14.6 Å². The highest BCUT2D eigenvalue weighted by Crippen LogP contribution is 2.18. The normalized spacial score (nSPS) is 23.5. The van der Waals surface area contributed by atoms with Crippen LogP contribution in [0.4, 0.5) is 0 Å². The van der Waals surface area contributed by atoms with Gasteiger partial charge in [0.05, 0.1) is 11.9 Å². The summed E-state index contributed by atoms with van der Waals surface area (Å²) < 4.78 is 28.0. The third-order valence-corrected chi connectivity index (χ3v) is 3.87. The van der Waals surface area contributed by atoms with Gasteiger partial charge in [0.2, 0.25) is 0 Å². The highest BCUT2D eigenvalue weighted by atomic mass is 32.2. The van der Waals surface area contributed by atoms with Gasteiger partial charge < -0.3 is 10.1 Å². The van der Waals surface area contributed by atoms with Crippen LogP contribution in [0.15, 0.2) is 0 Å². The Kier molecular flexibility index (Phi) is 5.72. The van der Waals surface area contributed by atoms with Gasteiger partial charge in [-0.1, -0.05) is 6.92 Å². The second kappa shape index (κ2) is 6.57. The van der Waals surface area contributed by atoms with Gasteiger partial charge in [0, 0.05) is 18.9 Å². The van der Waals surface area contributed by atoms with Crippen LogP contribution in [0, 0.1) is 0 Å². The van der Waals surface area contributed by atoms with Gasteiger partial charge in [-0.3, -0.25) is 0 Å². The van der Waals surface area contributed by atoms with E-state index in [0.29, 0.717) is 6.10 Å². The van der Waals surface area contributed by atoms with Crippen molar-refractivity contribution >= 4 is 9.84 Å². The van der Waals surface area contributed by atoms with E-state index < -0.39 is 9.84 Å². The summed E-state index contributed by atoms with van der Waals surface area (Å²) in [6.45, 7) is 3.68. The molecule has 4 nitrogen and oxygen atoms in total. The average Bonchev–Trinajstić information content (AvgIpc) is 2.64. The molecule has 1 fully saturated rings. The van der Waals surface area contributed by atoms with Crippen LogP contribution in [0.5, 0.6) is 0 Å². The molecule has 1 heterocycles. The third kappa shape index (κ3) is 5.82. The lowest BCUT2D eigenvalue weighted by Gasteiger charge is -2.18. The molecule has 2 atom stereocenters. The van der Waals surface area contributed by atoms with E-state index in [-0.39, 0.29) is 11.8 Å². The van der Waals surface area contributed by atoms with E-state index in [0.717, 1.165) is 38.8 Å². The van der Waals surface area contributed by atoms with Gasteiger partial charge in [-0.05, 0) is 32.2 Å². The molecule has 2 unspecified atom stereocenters. The molecule has 1 rings (SSSR count). The number of ether oxygens (including phenoxy) is 1. The molecule has 0 aromatic rings. The van der Waals surface area contributed by atoms with Gasteiger partial charge in [-0.15, -0.1) is 0 Å². The fourth-order valence-electron chi connectivity index (χ4n) is 2.16. The van der Waals surface area contributed by atoms with Gasteiger partial charge >= 0.3 is 0 Å². The molecule has 1 aliphatic rings. The molecule has 0 bridgehead atoms. The van der Waals surface area contributed by atoms with E-state index in [9.17, 15) is 8.42 Å². The van der Waals surface area contributed by atoms with Crippen molar-refractivity contribution in [3.8, 4) is 0 Å². The zero-order chi connectivity index (χ0) is 12.0. The summed E-state index contributed by atoms with van der Waals surface area (Å²) in [5.41, 5.74) is 0.